The first-order chi connectivity index (χ1) is 10.0. The molecule has 0 aliphatic heterocycles. The Kier molecular flexibility index (Phi) is 5.53. The van der Waals surface area contributed by atoms with Crippen LogP contribution in [0.2, 0.25) is 0 Å². The normalized spacial score (nSPS) is 17.8. The standard InChI is InChI=1S/C16H23F2NO2/c1-12(19-10-16(11-20)8-9-16)2-3-13-4-6-14(7-5-13)21-15(17)18/h4-7,12,15,19-20H,2-3,8-11H2,1H3. The lowest BCUT2D eigenvalue weighted by atomic mass is 10.0. The maximum atomic E-state index is 12.0. The molecule has 1 saturated carbocycles. The molecule has 5 heteroatoms. The molecule has 1 unspecified atom stereocenters. The Morgan fingerprint density at radius 2 is 1.95 bits per heavy atom. The van der Waals surface area contributed by atoms with Crippen molar-refractivity contribution >= 4 is 0 Å². The lowest BCUT2D eigenvalue weighted by Crippen LogP contribution is -2.33. The summed E-state index contributed by atoms with van der Waals surface area (Å²) in [6, 6.07) is 7.15. The molecule has 0 radical (unpaired) electrons. The van der Waals surface area contributed by atoms with Crippen molar-refractivity contribution in [3.05, 3.63) is 29.8 Å². The highest BCUT2D eigenvalue weighted by atomic mass is 19.3. The number of benzene rings is 1. The molecule has 0 aromatic heterocycles. The van der Waals surface area contributed by atoms with Crippen molar-refractivity contribution in [2.75, 3.05) is 13.2 Å². The first kappa shape index (κ1) is 16.2. The van der Waals surface area contributed by atoms with Gasteiger partial charge in [0.25, 0.3) is 0 Å². The van der Waals surface area contributed by atoms with E-state index in [1.807, 2.05) is 12.1 Å². The zero-order valence-corrected chi connectivity index (χ0v) is 12.3. The van der Waals surface area contributed by atoms with Crippen LogP contribution in [0.4, 0.5) is 8.78 Å². The molecule has 1 aromatic carbocycles. The van der Waals surface area contributed by atoms with Gasteiger partial charge in [-0.3, -0.25) is 0 Å². The number of alkyl halides is 2. The van der Waals surface area contributed by atoms with Gasteiger partial charge in [0, 0.05) is 24.6 Å². The monoisotopic (exact) mass is 299 g/mol. The van der Waals surface area contributed by atoms with Gasteiger partial charge in [-0.1, -0.05) is 12.1 Å². The third-order valence-electron chi connectivity index (χ3n) is 4.13. The number of hydrogen-bond acceptors (Lipinski definition) is 3. The van der Waals surface area contributed by atoms with Gasteiger partial charge in [0.05, 0.1) is 0 Å². The predicted octanol–water partition coefficient (Wildman–Crippen LogP) is 2.97. The summed E-state index contributed by atoms with van der Waals surface area (Å²) in [5.74, 6) is 0.193. The Balaban J connectivity index is 1.69. The summed E-state index contributed by atoms with van der Waals surface area (Å²) in [6.45, 7) is 0.479. The van der Waals surface area contributed by atoms with Crippen LogP contribution in [0.3, 0.4) is 0 Å². The molecule has 0 saturated heterocycles. The third-order valence-corrected chi connectivity index (χ3v) is 4.13. The van der Waals surface area contributed by atoms with Gasteiger partial charge in [-0.05, 0) is 50.3 Å². The summed E-state index contributed by atoms with van der Waals surface area (Å²) < 4.78 is 28.4. The van der Waals surface area contributed by atoms with Gasteiger partial charge in [0.2, 0.25) is 0 Å². The molecule has 1 fully saturated rings. The summed E-state index contributed by atoms with van der Waals surface area (Å²) in [6.07, 6.45) is 4.06. The lowest BCUT2D eigenvalue weighted by Gasteiger charge is -2.18. The molecule has 21 heavy (non-hydrogen) atoms. The molecule has 3 nitrogen and oxygen atoms in total. The van der Waals surface area contributed by atoms with Gasteiger partial charge in [-0.25, -0.2) is 0 Å². The fraction of sp³-hybridized carbons (Fsp3) is 0.625. The smallest absolute Gasteiger partial charge is 0.387 e. The third kappa shape index (κ3) is 5.25. The van der Waals surface area contributed by atoms with Crippen LogP contribution in [0.1, 0.15) is 31.7 Å². The number of nitrogens with one attached hydrogen (secondary N) is 1. The fourth-order valence-corrected chi connectivity index (χ4v) is 2.28. The van der Waals surface area contributed by atoms with Crippen LogP contribution in [0.25, 0.3) is 0 Å². The second kappa shape index (κ2) is 7.18. The highest BCUT2D eigenvalue weighted by Gasteiger charge is 2.41. The van der Waals surface area contributed by atoms with Crippen LogP contribution in [0.15, 0.2) is 24.3 Å². The quantitative estimate of drug-likeness (QED) is 0.736. The van der Waals surface area contributed by atoms with E-state index in [0.29, 0.717) is 6.04 Å². The maximum absolute atomic E-state index is 12.0. The van der Waals surface area contributed by atoms with E-state index in [1.54, 1.807) is 12.1 Å². The van der Waals surface area contributed by atoms with Gasteiger partial charge in [-0.2, -0.15) is 8.78 Å². The molecular weight excluding hydrogens is 276 g/mol. The SMILES string of the molecule is CC(CCc1ccc(OC(F)F)cc1)NCC1(CO)CC1. The predicted molar refractivity (Wildman–Crippen MR) is 77.6 cm³/mol. The van der Waals surface area contributed by atoms with Gasteiger partial charge >= 0.3 is 6.61 Å². The van der Waals surface area contributed by atoms with Crippen LogP contribution in [0, 0.1) is 5.41 Å². The minimum absolute atomic E-state index is 0.127. The maximum Gasteiger partial charge on any atom is 0.387 e. The Bertz CT molecular complexity index is 432. The first-order valence-corrected chi connectivity index (χ1v) is 7.41. The average Bonchev–Trinajstić information content (AvgIpc) is 3.24. The van der Waals surface area contributed by atoms with E-state index >= 15 is 0 Å². The number of hydrogen-bond donors (Lipinski definition) is 2. The van der Waals surface area contributed by atoms with Crippen LogP contribution < -0.4 is 10.1 Å². The Morgan fingerprint density at radius 1 is 1.29 bits per heavy atom. The van der Waals surface area contributed by atoms with E-state index in [2.05, 4.69) is 17.0 Å². The van der Waals surface area contributed by atoms with Crippen molar-refractivity contribution in [3.63, 3.8) is 0 Å². The molecule has 1 aliphatic carbocycles. The minimum atomic E-state index is -2.78. The van der Waals surface area contributed by atoms with Crippen LogP contribution >= 0.6 is 0 Å². The first-order valence-electron chi connectivity index (χ1n) is 7.41. The van der Waals surface area contributed by atoms with E-state index in [-0.39, 0.29) is 17.8 Å². The summed E-state index contributed by atoms with van der Waals surface area (Å²) in [4.78, 5) is 0. The Labute approximate surface area is 124 Å². The molecule has 2 N–H and O–H groups in total. The van der Waals surface area contributed by atoms with E-state index in [1.165, 1.54) is 0 Å². The number of halogens is 2. The lowest BCUT2D eigenvalue weighted by molar-refractivity contribution is -0.0498. The van der Waals surface area contributed by atoms with Crippen molar-refractivity contribution < 1.29 is 18.6 Å². The summed E-state index contributed by atoms with van der Waals surface area (Å²) in [5, 5.41) is 12.7. The molecule has 0 spiro atoms. The van der Waals surface area contributed by atoms with Crippen molar-refractivity contribution in [1.29, 1.82) is 0 Å². The number of rotatable bonds is 9. The largest absolute Gasteiger partial charge is 0.435 e. The van der Waals surface area contributed by atoms with Crippen molar-refractivity contribution in [3.8, 4) is 5.75 Å². The Morgan fingerprint density at radius 3 is 2.48 bits per heavy atom. The molecule has 0 heterocycles. The average molecular weight is 299 g/mol. The minimum Gasteiger partial charge on any atom is -0.435 e. The summed E-state index contributed by atoms with van der Waals surface area (Å²) >= 11 is 0. The van der Waals surface area contributed by atoms with Crippen LogP contribution in [-0.2, 0) is 6.42 Å². The molecule has 2 rings (SSSR count). The van der Waals surface area contributed by atoms with Crippen LogP contribution in [0.5, 0.6) is 5.75 Å². The number of aliphatic hydroxyl groups excluding tert-OH is 1. The van der Waals surface area contributed by atoms with Crippen molar-refractivity contribution in [2.45, 2.75) is 45.3 Å². The molecule has 1 aliphatic rings. The van der Waals surface area contributed by atoms with Gasteiger partial charge < -0.3 is 15.2 Å². The molecule has 1 aromatic rings. The topological polar surface area (TPSA) is 41.5 Å². The summed E-state index contributed by atoms with van der Waals surface area (Å²) in [5.41, 5.74) is 1.23. The number of aryl methyl sites for hydroxylation is 1. The van der Waals surface area contributed by atoms with Crippen LogP contribution in [-0.4, -0.2) is 30.9 Å². The van der Waals surface area contributed by atoms with Gasteiger partial charge in [0.15, 0.2) is 0 Å². The van der Waals surface area contributed by atoms with Gasteiger partial charge in [-0.15, -0.1) is 0 Å². The molecule has 1 atom stereocenters. The second-order valence-electron chi connectivity index (χ2n) is 6.00. The summed E-state index contributed by atoms with van der Waals surface area (Å²) in [7, 11) is 0. The highest BCUT2D eigenvalue weighted by Crippen LogP contribution is 2.44. The van der Waals surface area contributed by atoms with Crippen molar-refractivity contribution in [1.82, 2.24) is 5.32 Å². The van der Waals surface area contributed by atoms with E-state index in [4.69, 9.17) is 0 Å². The second-order valence-corrected chi connectivity index (χ2v) is 6.00. The Hall–Kier alpha value is -1.20. The molecule has 0 bridgehead atoms. The fourth-order valence-electron chi connectivity index (χ4n) is 2.28. The zero-order valence-electron chi connectivity index (χ0n) is 12.3. The van der Waals surface area contributed by atoms with Gasteiger partial charge in [0.1, 0.15) is 5.75 Å². The van der Waals surface area contributed by atoms with E-state index in [0.717, 1.165) is 37.8 Å². The molecule has 0 amide bonds. The molecular formula is C16H23F2NO2. The zero-order chi connectivity index (χ0) is 15.3. The van der Waals surface area contributed by atoms with Crippen molar-refractivity contribution in [2.24, 2.45) is 5.41 Å². The number of ether oxygens (including phenoxy) is 1. The van der Waals surface area contributed by atoms with E-state index in [9.17, 15) is 13.9 Å². The molecule has 118 valence electrons. The highest BCUT2D eigenvalue weighted by molar-refractivity contribution is 5.27. The van der Waals surface area contributed by atoms with E-state index < -0.39 is 6.61 Å². The number of aliphatic hydroxyl groups is 1.